The molecule has 94 valence electrons. The van der Waals surface area contributed by atoms with Crippen molar-refractivity contribution in [1.29, 1.82) is 0 Å². The highest BCUT2D eigenvalue weighted by atomic mass is 16.3. The largest absolute Gasteiger partial charge is 0.395 e. The van der Waals surface area contributed by atoms with E-state index < -0.39 is 0 Å². The van der Waals surface area contributed by atoms with Gasteiger partial charge in [-0.2, -0.15) is 5.10 Å². The number of hydrogen-bond acceptors (Lipinski definition) is 4. The Morgan fingerprint density at radius 3 is 2.76 bits per heavy atom. The maximum atomic E-state index is 12.1. The molecule has 4 N–H and O–H groups in total. The van der Waals surface area contributed by atoms with Gasteiger partial charge in [0.25, 0.3) is 5.91 Å². The van der Waals surface area contributed by atoms with Crippen molar-refractivity contribution in [3.05, 3.63) is 11.4 Å². The predicted octanol–water partition coefficient (Wildman–Crippen LogP) is 0.151. The van der Waals surface area contributed by atoms with Crippen molar-refractivity contribution in [2.24, 2.45) is 0 Å². The van der Waals surface area contributed by atoms with Gasteiger partial charge in [-0.25, -0.2) is 0 Å². The maximum Gasteiger partial charge on any atom is 0.276 e. The fourth-order valence-electron chi connectivity index (χ4n) is 2.04. The van der Waals surface area contributed by atoms with Gasteiger partial charge in [0.2, 0.25) is 0 Å². The van der Waals surface area contributed by atoms with Crippen molar-refractivity contribution >= 4 is 11.6 Å². The molecule has 0 aliphatic carbocycles. The second-order valence-electron chi connectivity index (χ2n) is 4.34. The summed E-state index contributed by atoms with van der Waals surface area (Å²) in [6.07, 6.45) is 1.68. The van der Waals surface area contributed by atoms with Crippen LogP contribution in [0.15, 0.2) is 0 Å². The van der Waals surface area contributed by atoms with Crippen LogP contribution in [0.3, 0.4) is 0 Å². The van der Waals surface area contributed by atoms with Crippen LogP contribution < -0.4 is 5.73 Å². The minimum atomic E-state index is -0.290. The predicted molar refractivity (Wildman–Crippen MR) is 63.5 cm³/mol. The van der Waals surface area contributed by atoms with E-state index >= 15 is 0 Å². The highest BCUT2D eigenvalue weighted by molar-refractivity contribution is 5.97. The molecule has 1 aromatic heterocycles. The normalized spacial score (nSPS) is 17.4. The van der Waals surface area contributed by atoms with Crippen molar-refractivity contribution in [2.75, 3.05) is 18.8 Å². The maximum absolute atomic E-state index is 12.1. The third kappa shape index (κ3) is 2.26. The van der Waals surface area contributed by atoms with E-state index in [-0.39, 0.29) is 12.0 Å². The van der Waals surface area contributed by atoms with Gasteiger partial charge in [0.05, 0.1) is 17.5 Å². The quantitative estimate of drug-likeness (QED) is 0.683. The first-order valence-corrected chi connectivity index (χ1v) is 5.93. The highest BCUT2D eigenvalue weighted by Crippen LogP contribution is 2.19. The van der Waals surface area contributed by atoms with Crippen LogP contribution in [0.4, 0.5) is 5.69 Å². The lowest BCUT2D eigenvalue weighted by Gasteiger charge is -2.29. The Balaban J connectivity index is 2.11. The zero-order chi connectivity index (χ0) is 12.4. The van der Waals surface area contributed by atoms with Crippen LogP contribution in [0.1, 0.15) is 35.9 Å². The Kier molecular flexibility index (Phi) is 3.33. The second kappa shape index (κ2) is 4.75. The third-order valence-electron chi connectivity index (χ3n) is 3.19. The van der Waals surface area contributed by atoms with Crippen molar-refractivity contribution in [1.82, 2.24) is 15.1 Å². The molecule has 0 atom stereocenters. The van der Waals surface area contributed by atoms with Gasteiger partial charge < -0.3 is 15.7 Å². The van der Waals surface area contributed by atoms with E-state index in [1.807, 2.05) is 6.92 Å². The van der Waals surface area contributed by atoms with Crippen molar-refractivity contribution in [3.63, 3.8) is 0 Å². The molecule has 0 unspecified atom stereocenters. The van der Waals surface area contributed by atoms with E-state index in [1.54, 1.807) is 4.90 Å². The summed E-state index contributed by atoms with van der Waals surface area (Å²) in [6, 6.07) is 0. The molecule has 2 rings (SSSR count). The Hall–Kier alpha value is -1.56. The van der Waals surface area contributed by atoms with E-state index in [9.17, 15) is 9.90 Å². The van der Waals surface area contributed by atoms with Gasteiger partial charge >= 0.3 is 0 Å². The molecule has 17 heavy (non-hydrogen) atoms. The van der Waals surface area contributed by atoms with Gasteiger partial charge in [-0.3, -0.25) is 9.89 Å². The monoisotopic (exact) mass is 238 g/mol. The number of aryl methyl sites for hydroxylation is 1. The number of piperidine rings is 1. The van der Waals surface area contributed by atoms with Crippen LogP contribution in [0, 0.1) is 0 Å². The van der Waals surface area contributed by atoms with Crippen LogP contribution in [-0.4, -0.2) is 45.3 Å². The van der Waals surface area contributed by atoms with E-state index in [0.29, 0.717) is 37.3 Å². The fraction of sp³-hybridized carbons (Fsp3) is 0.636. The number of carbonyl (C=O) groups is 1. The number of aliphatic hydroxyl groups excluding tert-OH is 1. The number of nitrogens with zero attached hydrogens (tertiary/aromatic N) is 2. The minimum absolute atomic E-state index is 0.148. The van der Waals surface area contributed by atoms with Crippen LogP contribution in [-0.2, 0) is 6.42 Å². The highest BCUT2D eigenvalue weighted by Gasteiger charge is 2.26. The molecule has 1 fully saturated rings. The number of anilines is 1. The van der Waals surface area contributed by atoms with E-state index in [4.69, 9.17) is 5.73 Å². The molecule has 1 aromatic rings. The van der Waals surface area contributed by atoms with E-state index in [2.05, 4.69) is 10.2 Å². The SMILES string of the molecule is CCc1[nH]nc(C(=O)N2CCC(O)CC2)c1N. The fourth-order valence-corrected chi connectivity index (χ4v) is 2.04. The Labute approximate surface area is 99.8 Å². The molecule has 1 amide bonds. The van der Waals surface area contributed by atoms with Gasteiger partial charge in [0.1, 0.15) is 0 Å². The molecule has 0 spiro atoms. The number of nitrogens with one attached hydrogen (secondary N) is 1. The second-order valence-corrected chi connectivity index (χ2v) is 4.34. The average molecular weight is 238 g/mol. The Bertz CT molecular complexity index is 408. The molecular weight excluding hydrogens is 220 g/mol. The summed E-state index contributed by atoms with van der Waals surface area (Å²) in [5.41, 5.74) is 7.41. The Morgan fingerprint density at radius 2 is 2.24 bits per heavy atom. The third-order valence-corrected chi connectivity index (χ3v) is 3.19. The summed E-state index contributed by atoms with van der Waals surface area (Å²) < 4.78 is 0. The Morgan fingerprint density at radius 1 is 1.59 bits per heavy atom. The molecule has 0 radical (unpaired) electrons. The van der Waals surface area contributed by atoms with Crippen molar-refractivity contribution in [2.45, 2.75) is 32.3 Å². The number of likely N-dealkylation sites (tertiary alicyclic amines) is 1. The number of rotatable bonds is 2. The first-order valence-electron chi connectivity index (χ1n) is 5.93. The zero-order valence-electron chi connectivity index (χ0n) is 9.94. The van der Waals surface area contributed by atoms with Crippen LogP contribution in [0.2, 0.25) is 0 Å². The lowest BCUT2D eigenvalue weighted by Crippen LogP contribution is -2.40. The standard InChI is InChI=1S/C11H18N4O2/c1-2-8-9(12)10(14-13-8)11(17)15-5-3-7(16)4-6-15/h7,16H,2-6,12H2,1H3,(H,13,14). The first kappa shape index (κ1) is 11.9. The van der Waals surface area contributed by atoms with Gasteiger partial charge in [0.15, 0.2) is 5.69 Å². The number of carbonyl (C=O) groups excluding carboxylic acids is 1. The first-order chi connectivity index (χ1) is 8.13. The summed E-state index contributed by atoms with van der Waals surface area (Å²) >= 11 is 0. The number of nitrogens with two attached hydrogens (primary N) is 1. The molecule has 1 aliphatic heterocycles. The minimum Gasteiger partial charge on any atom is -0.395 e. The van der Waals surface area contributed by atoms with Crippen LogP contribution >= 0.6 is 0 Å². The van der Waals surface area contributed by atoms with Gasteiger partial charge in [-0.05, 0) is 19.3 Å². The summed E-state index contributed by atoms with van der Waals surface area (Å²) in [7, 11) is 0. The lowest BCUT2D eigenvalue weighted by atomic mass is 10.1. The number of aromatic nitrogens is 2. The summed E-state index contributed by atoms with van der Waals surface area (Å²) in [4.78, 5) is 13.8. The molecule has 6 heteroatoms. The molecule has 2 heterocycles. The smallest absolute Gasteiger partial charge is 0.276 e. The molecule has 0 saturated carbocycles. The van der Waals surface area contributed by atoms with E-state index in [0.717, 1.165) is 12.1 Å². The van der Waals surface area contributed by atoms with Crippen LogP contribution in [0.5, 0.6) is 0 Å². The summed E-state index contributed by atoms with van der Waals surface area (Å²) in [6.45, 7) is 3.08. The number of nitrogen functional groups attached to an aromatic ring is 1. The lowest BCUT2D eigenvalue weighted by molar-refractivity contribution is 0.0542. The van der Waals surface area contributed by atoms with Crippen molar-refractivity contribution < 1.29 is 9.90 Å². The summed E-state index contributed by atoms with van der Waals surface area (Å²) in [5.74, 6) is -0.148. The van der Waals surface area contributed by atoms with E-state index in [1.165, 1.54) is 0 Å². The molecular formula is C11H18N4O2. The number of amides is 1. The topological polar surface area (TPSA) is 95.2 Å². The molecule has 6 nitrogen and oxygen atoms in total. The van der Waals surface area contributed by atoms with Crippen molar-refractivity contribution in [3.8, 4) is 0 Å². The molecule has 1 saturated heterocycles. The molecule has 0 bridgehead atoms. The summed E-state index contributed by atoms with van der Waals surface area (Å²) in [5, 5.41) is 16.1. The van der Waals surface area contributed by atoms with Gasteiger partial charge in [-0.1, -0.05) is 6.92 Å². The molecule has 1 aliphatic rings. The van der Waals surface area contributed by atoms with Gasteiger partial charge in [-0.15, -0.1) is 0 Å². The number of hydrogen-bond donors (Lipinski definition) is 3. The number of aliphatic hydroxyl groups is 1. The zero-order valence-corrected chi connectivity index (χ0v) is 9.94. The molecule has 0 aromatic carbocycles. The number of aromatic amines is 1. The average Bonchev–Trinajstić information content (AvgIpc) is 2.70. The van der Waals surface area contributed by atoms with Gasteiger partial charge in [0, 0.05) is 13.1 Å². The number of H-pyrrole nitrogens is 1. The van der Waals surface area contributed by atoms with Crippen LogP contribution in [0.25, 0.3) is 0 Å².